The molecule has 0 radical (unpaired) electrons. The summed E-state index contributed by atoms with van der Waals surface area (Å²) in [6.45, 7) is 6.53. The first-order valence-electron chi connectivity index (χ1n) is 4.87. The van der Waals surface area contributed by atoms with Crippen molar-refractivity contribution in [1.29, 1.82) is 0 Å². The molecule has 1 spiro atoms. The first kappa shape index (κ1) is 8.67. The van der Waals surface area contributed by atoms with Crippen LogP contribution in [-0.4, -0.2) is 18.0 Å². The second kappa shape index (κ2) is 2.79. The van der Waals surface area contributed by atoms with Gasteiger partial charge in [-0.1, -0.05) is 12.2 Å². The van der Waals surface area contributed by atoms with E-state index in [0.717, 1.165) is 37.9 Å². The summed E-state index contributed by atoms with van der Waals surface area (Å²) in [6, 6.07) is 0. The molecule has 1 aliphatic heterocycles. The molecule has 2 nitrogen and oxygen atoms in total. The van der Waals surface area contributed by atoms with Gasteiger partial charge >= 0.3 is 0 Å². The Morgan fingerprint density at radius 3 is 2.46 bits per heavy atom. The fourth-order valence-electron chi connectivity index (χ4n) is 2.26. The maximum atomic E-state index is 11.8. The molecule has 0 aromatic heterocycles. The van der Waals surface area contributed by atoms with Gasteiger partial charge in [-0.05, 0) is 32.6 Å². The molecular formula is C11H15NO. The predicted molar refractivity (Wildman–Crippen MR) is 53.0 cm³/mol. The van der Waals surface area contributed by atoms with Gasteiger partial charge in [0.05, 0.1) is 17.7 Å². The zero-order chi connectivity index (χ0) is 9.47. The zero-order valence-corrected chi connectivity index (χ0v) is 8.10. The Hall–Kier alpha value is -0.920. The van der Waals surface area contributed by atoms with Gasteiger partial charge in [-0.25, -0.2) is 0 Å². The molecule has 1 fully saturated rings. The summed E-state index contributed by atoms with van der Waals surface area (Å²) in [6.07, 6.45) is 3.94. The summed E-state index contributed by atoms with van der Waals surface area (Å²) in [5.41, 5.74) is 1.90. The van der Waals surface area contributed by atoms with Gasteiger partial charge in [-0.15, -0.1) is 0 Å². The van der Waals surface area contributed by atoms with E-state index in [1.165, 1.54) is 5.57 Å². The van der Waals surface area contributed by atoms with Crippen molar-refractivity contribution >= 4 is 11.5 Å². The quantitative estimate of drug-likeness (QED) is 0.521. The van der Waals surface area contributed by atoms with E-state index < -0.39 is 0 Å². The van der Waals surface area contributed by atoms with E-state index in [-0.39, 0.29) is 5.41 Å². The van der Waals surface area contributed by atoms with Crippen molar-refractivity contribution in [3.05, 3.63) is 12.2 Å². The van der Waals surface area contributed by atoms with Crippen LogP contribution in [0.3, 0.4) is 0 Å². The molecule has 2 heteroatoms. The van der Waals surface area contributed by atoms with Crippen molar-refractivity contribution < 1.29 is 4.79 Å². The molecule has 13 heavy (non-hydrogen) atoms. The lowest BCUT2D eigenvalue weighted by molar-refractivity contribution is -0.121. The van der Waals surface area contributed by atoms with E-state index in [1.807, 2.05) is 6.92 Å². The fraction of sp³-hybridized carbons (Fsp3) is 0.636. The number of carbonyl (C=O) groups is 1. The Kier molecular flexibility index (Phi) is 1.86. The molecule has 1 aliphatic carbocycles. The van der Waals surface area contributed by atoms with E-state index in [2.05, 4.69) is 11.6 Å². The van der Waals surface area contributed by atoms with Crippen LogP contribution in [0, 0.1) is 5.41 Å². The molecule has 0 aromatic carbocycles. The van der Waals surface area contributed by atoms with E-state index >= 15 is 0 Å². The summed E-state index contributed by atoms with van der Waals surface area (Å²) >= 11 is 0. The highest BCUT2D eigenvalue weighted by molar-refractivity contribution is 6.42. The normalized spacial score (nSPS) is 26.7. The summed E-state index contributed by atoms with van der Waals surface area (Å²) in [5, 5.41) is 0. The summed E-state index contributed by atoms with van der Waals surface area (Å²) in [7, 11) is 0. The van der Waals surface area contributed by atoms with Crippen molar-refractivity contribution in [2.75, 3.05) is 6.54 Å². The molecule has 0 amide bonds. The maximum absolute atomic E-state index is 11.8. The van der Waals surface area contributed by atoms with Gasteiger partial charge in [0.15, 0.2) is 5.78 Å². The Bertz CT molecular complexity index is 291. The number of Topliss-reactive ketones (excluding diaryl/α,β-unsaturated/α-hetero) is 1. The average molecular weight is 177 g/mol. The van der Waals surface area contributed by atoms with Crippen LogP contribution in [0.5, 0.6) is 0 Å². The van der Waals surface area contributed by atoms with Crippen molar-refractivity contribution in [2.45, 2.75) is 32.6 Å². The minimum Gasteiger partial charge on any atom is -0.292 e. The predicted octanol–water partition coefficient (Wildman–Crippen LogP) is 2.15. The van der Waals surface area contributed by atoms with E-state index in [4.69, 9.17) is 0 Å². The average Bonchev–Trinajstić information content (AvgIpc) is 2.40. The number of carbonyl (C=O) groups excluding carboxylic acids is 1. The number of aliphatic imine (C=N–C) groups is 1. The number of rotatable bonds is 0. The molecule has 0 atom stereocenters. The van der Waals surface area contributed by atoms with Crippen LogP contribution in [0.15, 0.2) is 17.1 Å². The third kappa shape index (κ3) is 1.25. The molecule has 0 N–H and O–H groups in total. The minimum atomic E-state index is -0.120. The number of nitrogens with zero attached hydrogens (tertiary/aromatic N) is 1. The van der Waals surface area contributed by atoms with Crippen LogP contribution in [0.25, 0.3) is 0 Å². The Labute approximate surface area is 78.7 Å². The van der Waals surface area contributed by atoms with Crippen molar-refractivity contribution in [1.82, 2.24) is 0 Å². The van der Waals surface area contributed by atoms with E-state index in [1.54, 1.807) is 0 Å². The highest BCUT2D eigenvalue weighted by Crippen LogP contribution is 2.41. The van der Waals surface area contributed by atoms with Gasteiger partial charge in [-0.3, -0.25) is 9.79 Å². The maximum Gasteiger partial charge on any atom is 0.184 e. The lowest BCUT2D eigenvalue weighted by atomic mass is 9.70. The van der Waals surface area contributed by atoms with E-state index in [9.17, 15) is 4.79 Å². The third-order valence-corrected chi connectivity index (χ3v) is 3.34. The number of hydrogen-bond donors (Lipinski definition) is 0. The van der Waals surface area contributed by atoms with Crippen LogP contribution in [-0.2, 0) is 4.79 Å². The van der Waals surface area contributed by atoms with Gasteiger partial charge in [0.25, 0.3) is 0 Å². The molecule has 1 heterocycles. The van der Waals surface area contributed by atoms with Crippen LogP contribution >= 0.6 is 0 Å². The monoisotopic (exact) mass is 177 g/mol. The van der Waals surface area contributed by atoms with Gasteiger partial charge in [-0.2, -0.15) is 0 Å². The fourth-order valence-corrected chi connectivity index (χ4v) is 2.26. The Balaban J connectivity index is 2.16. The molecule has 0 unspecified atom stereocenters. The smallest absolute Gasteiger partial charge is 0.184 e. The van der Waals surface area contributed by atoms with Crippen LogP contribution in [0.1, 0.15) is 32.6 Å². The lowest BCUT2D eigenvalue weighted by Gasteiger charge is -2.31. The largest absolute Gasteiger partial charge is 0.292 e. The molecule has 0 bridgehead atoms. The van der Waals surface area contributed by atoms with E-state index in [0.29, 0.717) is 5.78 Å². The zero-order valence-electron chi connectivity index (χ0n) is 8.10. The topological polar surface area (TPSA) is 29.4 Å². The van der Waals surface area contributed by atoms with Crippen molar-refractivity contribution in [2.24, 2.45) is 10.4 Å². The van der Waals surface area contributed by atoms with Gasteiger partial charge < -0.3 is 0 Å². The SMILES string of the molecule is C=C1CCC2(CC1)CN=C(C)C2=O. The van der Waals surface area contributed by atoms with Crippen molar-refractivity contribution in [3.63, 3.8) is 0 Å². The molecular weight excluding hydrogens is 162 g/mol. The standard InChI is InChI=1S/C11H15NO/c1-8-3-5-11(6-4-8)7-12-9(2)10(11)13/h1,3-7H2,2H3. The van der Waals surface area contributed by atoms with Crippen molar-refractivity contribution in [3.8, 4) is 0 Å². The van der Waals surface area contributed by atoms with Crippen LogP contribution < -0.4 is 0 Å². The molecule has 70 valence electrons. The Morgan fingerprint density at radius 2 is 2.00 bits per heavy atom. The van der Waals surface area contributed by atoms with Crippen LogP contribution in [0.2, 0.25) is 0 Å². The molecule has 2 aliphatic rings. The molecule has 0 saturated heterocycles. The first-order chi connectivity index (χ1) is 6.14. The van der Waals surface area contributed by atoms with Gasteiger partial charge in [0, 0.05) is 0 Å². The molecule has 1 saturated carbocycles. The third-order valence-electron chi connectivity index (χ3n) is 3.34. The lowest BCUT2D eigenvalue weighted by Crippen LogP contribution is -2.35. The van der Waals surface area contributed by atoms with Crippen LogP contribution in [0.4, 0.5) is 0 Å². The molecule has 0 aromatic rings. The van der Waals surface area contributed by atoms with Gasteiger partial charge in [0.2, 0.25) is 0 Å². The number of ketones is 1. The second-order valence-corrected chi connectivity index (χ2v) is 4.26. The number of allylic oxidation sites excluding steroid dienone is 1. The summed E-state index contributed by atoms with van der Waals surface area (Å²) < 4.78 is 0. The van der Waals surface area contributed by atoms with Gasteiger partial charge in [0.1, 0.15) is 0 Å². The summed E-state index contributed by atoms with van der Waals surface area (Å²) in [4.78, 5) is 16.1. The summed E-state index contributed by atoms with van der Waals surface area (Å²) in [5.74, 6) is 0.292. The second-order valence-electron chi connectivity index (χ2n) is 4.26. The first-order valence-corrected chi connectivity index (χ1v) is 4.87. The number of hydrogen-bond acceptors (Lipinski definition) is 2. The Morgan fingerprint density at radius 1 is 1.38 bits per heavy atom. The highest BCUT2D eigenvalue weighted by Gasteiger charge is 2.44. The minimum absolute atomic E-state index is 0.120. The molecule has 2 rings (SSSR count). The highest BCUT2D eigenvalue weighted by atomic mass is 16.1.